The Labute approximate surface area is 157 Å². The van der Waals surface area contributed by atoms with Crippen LogP contribution < -0.4 is 0 Å². The van der Waals surface area contributed by atoms with E-state index in [1.165, 1.54) is 24.3 Å². The maximum Gasteiger partial charge on any atom is 0.738 e. The molecule has 0 amide bonds. The molecule has 0 unspecified atom stereocenters. The van der Waals surface area contributed by atoms with Gasteiger partial charge in [-0.05, 0) is 34.1 Å². The minimum Gasteiger partial charge on any atom is -0.389 e. The Morgan fingerprint density at radius 2 is 1.83 bits per heavy atom. The zero-order chi connectivity index (χ0) is 17.2. The molecule has 0 spiro atoms. The Morgan fingerprint density at radius 3 is 2.58 bits per heavy atom. The number of hydrogen-bond acceptors (Lipinski definition) is 0. The van der Waals surface area contributed by atoms with Crippen molar-refractivity contribution in [1.29, 1.82) is 0 Å². The van der Waals surface area contributed by atoms with Crippen LogP contribution in [0.3, 0.4) is 0 Å². The molecular formula is C15H7BBr2ClF3N2. The number of aromatic nitrogens is 1. The molecule has 0 N–H and O–H groups in total. The quantitative estimate of drug-likeness (QED) is 0.485. The lowest BCUT2D eigenvalue weighted by Gasteiger charge is -2.32. The topological polar surface area (TPSA) is 7.94 Å². The fourth-order valence-corrected chi connectivity index (χ4v) is 4.42. The van der Waals surface area contributed by atoms with E-state index in [1.807, 2.05) is 0 Å². The van der Waals surface area contributed by atoms with Crippen LogP contribution in [-0.2, 0) is 0 Å². The maximum absolute atomic E-state index is 15.0. The molecule has 0 saturated heterocycles. The molecule has 0 saturated carbocycles. The Hall–Kier alpha value is -1.25. The Kier molecular flexibility index (Phi) is 3.64. The zero-order valence-corrected chi connectivity index (χ0v) is 15.7. The predicted molar refractivity (Wildman–Crippen MR) is 96.3 cm³/mol. The molecule has 0 aliphatic carbocycles. The lowest BCUT2D eigenvalue weighted by atomic mass is 9.86. The summed E-state index contributed by atoms with van der Waals surface area (Å²) >= 11 is 12.2. The molecule has 3 heterocycles. The SMILES string of the molecule is Fc1c(Cl)cccc1C1=C2C=CC(Br)=[N+]2[B-](F)(F)n2c(Br)ccc21. The summed E-state index contributed by atoms with van der Waals surface area (Å²) in [5.41, 5.74) is 0.990. The molecular weight excluding hydrogens is 471 g/mol. The molecule has 2 aliphatic heterocycles. The molecule has 24 heavy (non-hydrogen) atoms. The highest BCUT2D eigenvalue weighted by Gasteiger charge is 2.54. The third-order valence-corrected chi connectivity index (χ3v) is 5.68. The standard InChI is InChI=1S/C15H7BBr2ClF3N2/c17-12-6-4-10-14(8-2-1-3-9(19)15(8)20)11-5-7-13(18)24(11)16(21,22)23(10)12/h1-7H. The van der Waals surface area contributed by atoms with Gasteiger partial charge in [0.2, 0.25) is 4.62 Å². The van der Waals surface area contributed by atoms with Crippen LogP contribution in [-0.4, -0.2) is 20.6 Å². The normalized spacial score (nSPS) is 18.2. The summed E-state index contributed by atoms with van der Waals surface area (Å²) in [6, 6.07) is 7.61. The highest BCUT2D eigenvalue weighted by Crippen LogP contribution is 2.43. The van der Waals surface area contributed by atoms with Crippen molar-refractivity contribution < 1.29 is 17.5 Å². The Morgan fingerprint density at radius 1 is 1.08 bits per heavy atom. The molecule has 0 bridgehead atoms. The zero-order valence-electron chi connectivity index (χ0n) is 11.8. The van der Waals surface area contributed by atoms with Crippen LogP contribution in [0.1, 0.15) is 11.3 Å². The van der Waals surface area contributed by atoms with Gasteiger partial charge in [-0.3, -0.25) is 0 Å². The van der Waals surface area contributed by atoms with Crippen LogP contribution in [0.4, 0.5) is 13.0 Å². The molecule has 9 heteroatoms. The number of fused-ring (bicyclic) bond motifs is 2. The van der Waals surface area contributed by atoms with Crippen molar-refractivity contribution in [3.63, 3.8) is 0 Å². The average molecular weight is 478 g/mol. The molecule has 1 aromatic heterocycles. The van der Waals surface area contributed by atoms with Crippen molar-refractivity contribution in [3.05, 3.63) is 74.9 Å². The fraction of sp³-hybridized carbons (Fsp3) is 0. The van der Waals surface area contributed by atoms with E-state index >= 15 is 8.63 Å². The van der Waals surface area contributed by atoms with Crippen molar-refractivity contribution in [2.24, 2.45) is 0 Å². The molecule has 4 rings (SSSR count). The van der Waals surface area contributed by atoms with Crippen molar-refractivity contribution in [2.75, 3.05) is 0 Å². The summed E-state index contributed by atoms with van der Waals surface area (Å²) in [6.07, 6.45) is 3.06. The highest BCUT2D eigenvalue weighted by atomic mass is 79.9. The van der Waals surface area contributed by atoms with Gasteiger partial charge < -0.3 is 17.6 Å². The minimum absolute atomic E-state index is 0.0582. The third-order valence-electron chi connectivity index (χ3n) is 4.09. The van der Waals surface area contributed by atoms with Crippen molar-refractivity contribution in [1.82, 2.24) is 4.48 Å². The Balaban J connectivity index is 2.15. The smallest absolute Gasteiger partial charge is 0.389 e. The first-order valence-corrected chi connectivity index (χ1v) is 8.88. The Bertz CT molecular complexity index is 995. The van der Waals surface area contributed by atoms with Gasteiger partial charge in [-0.2, -0.15) is 0 Å². The van der Waals surface area contributed by atoms with Gasteiger partial charge in [-0.25, -0.2) is 4.39 Å². The van der Waals surface area contributed by atoms with Gasteiger partial charge in [-0.15, -0.1) is 0 Å². The predicted octanol–water partition coefficient (Wildman–Crippen LogP) is 5.41. The second-order valence-electron chi connectivity index (χ2n) is 5.39. The van der Waals surface area contributed by atoms with Crippen LogP contribution in [0, 0.1) is 5.82 Å². The van der Waals surface area contributed by atoms with Gasteiger partial charge in [0.05, 0.1) is 15.2 Å². The van der Waals surface area contributed by atoms with Gasteiger partial charge >= 0.3 is 6.97 Å². The summed E-state index contributed by atoms with van der Waals surface area (Å²) < 4.78 is 46.9. The summed E-state index contributed by atoms with van der Waals surface area (Å²) in [4.78, 5) is 0. The van der Waals surface area contributed by atoms with Crippen molar-refractivity contribution in [2.45, 2.75) is 0 Å². The number of nitrogens with zero attached hydrogens (tertiary/aromatic N) is 2. The summed E-state index contributed by atoms with van der Waals surface area (Å²) in [5.74, 6) is -0.639. The molecule has 0 atom stereocenters. The third kappa shape index (κ3) is 2.06. The highest BCUT2D eigenvalue weighted by molar-refractivity contribution is 9.18. The van der Waals surface area contributed by atoms with Gasteiger partial charge in [0.25, 0.3) is 0 Å². The lowest BCUT2D eigenvalue weighted by Crippen LogP contribution is -2.50. The van der Waals surface area contributed by atoms with E-state index < -0.39 is 12.8 Å². The number of benzene rings is 1. The van der Waals surface area contributed by atoms with E-state index in [0.29, 0.717) is 5.57 Å². The summed E-state index contributed by atoms with van der Waals surface area (Å²) in [6.45, 7) is -4.12. The molecule has 2 aliphatic rings. The van der Waals surface area contributed by atoms with Crippen LogP contribution in [0.2, 0.25) is 5.02 Å². The van der Waals surface area contributed by atoms with Gasteiger partial charge in [0, 0.05) is 39.3 Å². The first-order chi connectivity index (χ1) is 11.3. The maximum atomic E-state index is 15.0. The van der Waals surface area contributed by atoms with Crippen molar-refractivity contribution >= 4 is 60.6 Å². The molecule has 1 aromatic carbocycles. The van der Waals surface area contributed by atoms with Crippen LogP contribution in [0.5, 0.6) is 0 Å². The second-order valence-corrected chi connectivity index (χ2v) is 7.42. The number of rotatable bonds is 1. The summed E-state index contributed by atoms with van der Waals surface area (Å²) in [7, 11) is 0. The first kappa shape index (κ1) is 16.2. The van der Waals surface area contributed by atoms with Crippen molar-refractivity contribution in [3.8, 4) is 0 Å². The second kappa shape index (κ2) is 5.38. The largest absolute Gasteiger partial charge is 0.738 e. The number of allylic oxidation sites excluding steroid dienone is 2. The minimum atomic E-state index is -4.12. The first-order valence-electron chi connectivity index (χ1n) is 6.92. The van der Waals surface area contributed by atoms with E-state index in [0.717, 1.165) is 8.96 Å². The molecule has 122 valence electrons. The van der Waals surface area contributed by atoms with E-state index in [2.05, 4.69) is 31.9 Å². The molecule has 0 fully saturated rings. The van der Waals surface area contributed by atoms with E-state index in [4.69, 9.17) is 11.6 Å². The molecule has 2 aromatic rings. The van der Waals surface area contributed by atoms with Crippen LogP contribution in [0.25, 0.3) is 5.57 Å². The van der Waals surface area contributed by atoms with Gasteiger partial charge in [0.15, 0.2) is 5.70 Å². The van der Waals surface area contributed by atoms with Crippen LogP contribution >= 0.6 is 43.5 Å². The van der Waals surface area contributed by atoms with E-state index in [9.17, 15) is 4.39 Å². The number of hydrogen-bond donors (Lipinski definition) is 0. The molecule has 2 nitrogen and oxygen atoms in total. The van der Waals surface area contributed by atoms with E-state index in [-0.39, 0.29) is 31.2 Å². The average Bonchev–Trinajstić information content (AvgIpc) is 3.09. The summed E-state index contributed by atoms with van der Waals surface area (Å²) in [5, 5.41) is -0.0582. The molecule has 0 radical (unpaired) electrons. The van der Waals surface area contributed by atoms with Gasteiger partial charge in [0.1, 0.15) is 5.82 Å². The fourth-order valence-electron chi connectivity index (χ4n) is 3.11. The van der Waals surface area contributed by atoms with E-state index in [1.54, 1.807) is 18.2 Å². The van der Waals surface area contributed by atoms with Crippen LogP contribution in [0.15, 0.2) is 52.8 Å². The monoisotopic (exact) mass is 476 g/mol. The lowest BCUT2D eigenvalue weighted by molar-refractivity contribution is -0.358. The van der Waals surface area contributed by atoms with Gasteiger partial charge in [-0.1, -0.05) is 23.7 Å². The number of halogens is 6.